The number of aliphatic hydroxyl groups is 1. The van der Waals surface area contributed by atoms with E-state index >= 15 is 0 Å². The quantitative estimate of drug-likeness (QED) is 0.810. The second-order valence-corrected chi connectivity index (χ2v) is 4.23. The van der Waals surface area contributed by atoms with Gasteiger partial charge in [0.25, 0.3) is 0 Å². The van der Waals surface area contributed by atoms with Gasteiger partial charge in [-0.2, -0.15) is 0 Å². The van der Waals surface area contributed by atoms with Crippen molar-refractivity contribution >= 4 is 17.4 Å². The van der Waals surface area contributed by atoms with Gasteiger partial charge >= 0.3 is 0 Å². The fourth-order valence-corrected chi connectivity index (χ4v) is 1.96. The Morgan fingerprint density at radius 3 is 2.73 bits per heavy atom. The molecule has 1 aliphatic rings. The standard InChI is InChI=1S/C10H14ClN3O/c11-9-5-6-10(14-13-9)12-7-3-1-2-4-8(7)15/h5-8,15H,1-4H2,(H,12,14)/t7-,8-/m1/s1. The predicted octanol–water partition coefficient (Wildman–Crippen LogP) is 1.85. The lowest BCUT2D eigenvalue weighted by atomic mass is 9.93. The number of hydrogen-bond acceptors (Lipinski definition) is 4. The van der Waals surface area contributed by atoms with Crippen molar-refractivity contribution in [3.8, 4) is 0 Å². The smallest absolute Gasteiger partial charge is 0.151 e. The highest BCUT2D eigenvalue weighted by molar-refractivity contribution is 6.29. The van der Waals surface area contributed by atoms with Gasteiger partial charge in [0.15, 0.2) is 5.15 Å². The van der Waals surface area contributed by atoms with Crippen molar-refractivity contribution in [2.75, 3.05) is 5.32 Å². The average molecular weight is 228 g/mol. The molecular weight excluding hydrogens is 214 g/mol. The minimum Gasteiger partial charge on any atom is -0.391 e. The summed E-state index contributed by atoms with van der Waals surface area (Å²) in [7, 11) is 0. The molecule has 1 aliphatic carbocycles. The van der Waals surface area contributed by atoms with E-state index in [4.69, 9.17) is 11.6 Å². The van der Waals surface area contributed by atoms with Crippen molar-refractivity contribution in [3.63, 3.8) is 0 Å². The number of aromatic nitrogens is 2. The molecule has 1 heterocycles. The maximum Gasteiger partial charge on any atom is 0.151 e. The summed E-state index contributed by atoms with van der Waals surface area (Å²) < 4.78 is 0. The highest BCUT2D eigenvalue weighted by Crippen LogP contribution is 2.21. The van der Waals surface area contributed by atoms with Crippen LogP contribution in [0.4, 0.5) is 5.82 Å². The SMILES string of the molecule is O[C@@H]1CCCC[C@H]1Nc1ccc(Cl)nn1. The van der Waals surface area contributed by atoms with E-state index in [1.165, 1.54) is 0 Å². The first-order valence-electron chi connectivity index (χ1n) is 5.19. The third-order valence-corrected chi connectivity index (χ3v) is 2.90. The first-order chi connectivity index (χ1) is 7.25. The van der Waals surface area contributed by atoms with Crippen LogP contribution in [0.15, 0.2) is 12.1 Å². The van der Waals surface area contributed by atoms with E-state index < -0.39 is 0 Å². The topological polar surface area (TPSA) is 58.0 Å². The molecular formula is C10H14ClN3O. The Hall–Kier alpha value is -0.870. The fourth-order valence-electron chi connectivity index (χ4n) is 1.86. The van der Waals surface area contributed by atoms with Crippen LogP contribution in [-0.4, -0.2) is 27.4 Å². The largest absolute Gasteiger partial charge is 0.391 e. The molecule has 0 aliphatic heterocycles. The highest BCUT2D eigenvalue weighted by atomic mass is 35.5. The molecule has 82 valence electrons. The molecule has 2 rings (SSSR count). The summed E-state index contributed by atoms with van der Waals surface area (Å²) in [6.45, 7) is 0. The summed E-state index contributed by atoms with van der Waals surface area (Å²) in [5.74, 6) is 0.672. The zero-order valence-corrected chi connectivity index (χ0v) is 9.11. The zero-order chi connectivity index (χ0) is 10.7. The second-order valence-electron chi connectivity index (χ2n) is 3.84. The lowest BCUT2D eigenvalue weighted by Crippen LogP contribution is -2.36. The van der Waals surface area contributed by atoms with Crippen LogP contribution >= 0.6 is 11.6 Å². The molecule has 5 heteroatoms. The minimum absolute atomic E-state index is 0.0919. The van der Waals surface area contributed by atoms with Gasteiger partial charge in [-0.25, -0.2) is 0 Å². The first kappa shape index (κ1) is 10.6. The van der Waals surface area contributed by atoms with E-state index in [1.54, 1.807) is 12.1 Å². The zero-order valence-electron chi connectivity index (χ0n) is 8.36. The van der Waals surface area contributed by atoms with Gasteiger partial charge in [-0.05, 0) is 25.0 Å². The summed E-state index contributed by atoms with van der Waals surface area (Å²) in [5, 5.41) is 20.9. The van der Waals surface area contributed by atoms with Gasteiger partial charge in [0.05, 0.1) is 12.1 Å². The summed E-state index contributed by atoms with van der Waals surface area (Å²) in [4.78, 5) is 0. The second kappa shape index (κ2) is 4.77. The van der Waals surface area contributed by atoms with Gasteiger partial charge < -0.3 is 10.4 Å². The molecule has 0 radical (unpaired) electrons. The molecule has 0 amide bonds. The summed E-state index contributed by atoms with van der Waals surface area (Å²) in [6.07, 6.45) is 3.81. The molecule has 0 aromatic carbocycles. The van der Waals surface area contributed by atoms with Gasteiger partial charge in [0.1, 0.15) is 5.82 Å². The average Bonchev–Trinajstić information content (AvgIpc) is 2.25. The summed E-state index contributed by atoms with van der Waals surface area (Å²) in [6, 6.07) is 3.55. The number of aliphatic hydroxyl groups excluding tert-OH is 1. The predicted molar refractivity (Wildman–Crippen MR) is 58.9 cm³/mol. The highest BCUT2D eigenvalue weighted by Gasteiger charge is 2.22. The number of nitrogens with zero attached hydrogens (tertiary/aromatic N) is 2. The number of halogens is 1. The van der Waals surface area contributed by atoms with Crippen LogP contribution in [0.5, 0.6) is 0 Å². The molecule has 2 atom stereocenters. The Kier molecular flexibility index (Phi) is 3.38. The van der Waals surface area contributed by atoms with E-state index in [0.717, 1.165) is 25.7 Å². The van der Waals surface area contributed by atoms with Crippen molar-refractivity contribution in [2.45, 2.75) is 37.8 Å². The molecule has 0 bridgehead atoms. The Morgan fingerprint density at radius 1 is 1.27 bits per heavy atom. The number of anilines is 1. The molecule has 1 saturated carbocycles. The van der Waals surface area contributed by atoms with Crippen LogP contribution in [0.2, 0.25) is 5.15 Å². The monoisotopic (exact) mass is 227 g/mol. The maximum atomic E-state index is 9.75. The van der Waals surface area contributed by atoms with E-state index in [-0.39, 0.29) is 12.1 Å². The normalized spacial score (nSPS) is 26.3. The fraction of sp³-hybridized carbons (Fsp3) is 0.600. The molecule has 2 N–H and O–H groups in total. The molecule has 0 saturated heterocycles. The van der Waals surface area contributed by atoms with Crippen LogP contribution in [0.3, 0.4) is 0 Å². The van der Waals surface area contributed by atoms with E-state index in [9.17, 15) is 5.11 Å². The van der Waals surface area contributed by atoms with Gasteiger partial charge in [-0.3, -0.25) is 0 Å². The van der Waals surface area contributed by atoms with Crippen LogP contribution < -0.4 is 5.32 Å². The molecule has 0 unspecified atom stereocenters. The molecule has 1 aromatic heterocycles. The van der Waals surface area contributed by atoms with Gasteiger partial charge in [0, 0.05) is 0 Å². The number of rotatable bonds is 2. The molecule has 1 fully saturated rings. The Bertz CT molecular complexity index is 317. The van der Waals surface area contributed by atoms with E-state index in [1.807, 2.05) is 0 Å². The Balaban J connectivity index is 1.98. The summed E-state index contributed by atoms with van der Waals surface area (Å²) >= 11 is 5.63. The third kappa shape index (κ3) is 2.79. The van der Waals surface area contributed by atoms with Crippen molar-refractivity contribution in [1.82, 2.24) is 10.2 Å². The van der Waals surface area contributed by atoms with Crippen LogP contribution in [0, 0.1) is 0 Å². The number of nitrogens with one attached hydrogen (secondary N) is 1. The van der Waals surface area contributed by atoms with E-state index in [0.29, 0.717) is 11.0 Å². The van der Waals surface area contributed by atoms with Crippen molar-refractivity contribution in [1.29, 1.82) is 0 Å². The van der Waals surface area contributed by atoms with Crippen LogP contribution in [0.25, 0.3) is 0 Å². The molecule has 0 spiro atoms. The Morgan fingerprint density at radius 2 is 2.07 bits per heavy atom. The lowest BCUT2D eigenvalue weighted by molar-refractivity contribution is 0.116. The van der Waals surface area contributed by atoms with Gasteiger partial charge in [-0.1, -0.05) is 24.4 Å². The minimum atomic E-state index is -0.281. The van der Waals surface area contributed by atoms with Crippen molar-refractivity contribution in [3.05, 3.63) is 17.3 Å². The van der Waals surface area contributed by atoms with Crippen LogP contribution in [0.1, 0.15) is 25.7 Å². The Labute approximate surface area is 93.7 Å². The van der Waals surface area contributed by atoms with E-state index in [2.05, 4.69) is 15.5 Å². The first-order valence-corrected chi connectivity index (χ1v) is 5.57. The molecule has 1 aromatic rings. The van der Waals surface area contributed by atoms with Crippen molar-refractivity contribution < 1.29 is 5.11 Å². The van der Waals surface area contributed by atoms with Gasteiger partial charge in [-0.15, -0.1) is 10.2 Å². The maximum absolute atomic E-state index is 9.75. The van der Waals surface area contributed by atoms with Gasteiger partial charge in [0.2, 0.25) is 0 Å². The third-order valence-electron chi connectivity index (χ3n) is 2.69. The molecule has 4 nitrogen and oxygen atoms in total. The lowest BCUT2D eigenvalue weighted by Gasteiger charge is -2.28. The number of hydrogen-bond donors (Lipinski definition) is 2. The van der Waals surface area contributed by atoms with Crippen molar-refractivity contribution in [2.24, 2.45) is 0 Å². The van der Waals surface area contributed by atoms with Crippen LogP contribution in [-0.2, 0) is 0 Å². The summed E-state index contributed by atoms with van der Waals surface area (Å²) in [5.41, 5.74) is 0. The molecule has 15 heavy (non-hydrogen) atoms.